The monoisotopic (exact) mass is 268 g/mol. The van der Waals surface area contributed by atoms with Crippen molar-refractivity contribution in [3.05, 3.63) is 59.2 Å². The highest BCUT2D eigenvalue weighted by Crippen LogP contribution is 2.29. The number of aryl methyl sites for hydroxylation is 1. The van der Waals surface area contributed by atoms with E-state index >= 15 is 0 Å². The van der Waals surface area contributed by atoms with Crippen molar-refractivity contribution in [1.29, 1.82) is 0 Å². The number of aliphatic hydroxyl groups is 1. The smallest absolute Gasteiger partial charge is 0.0965 e. The summed E-state index contributed by atoms with van der Waals surface area (Å²) in [6.07, 6.45) is 0.544. The largest absolute Gasteiger partial charge is 0.399 e. The van der Waals surface area contributed by atoms with Crippen molar-refractivity contribution in [1.82, 2.24) is 0 Å². The number of para-hydroxylation sites is 1. The summed E-state index contributed by atoms with van der Waals surface area (Å²) in [6.45, 7) is 3.56. The van der Waals surface area contributed by atoms with Crippen LogP contribution in [0.5, 0.6) is 0 Å². The van der Waals surface area contributed by atoms with Crippen LogP contribution in [0.2, 0.25) is 0 Å². The van der Waals surface area contributed by atoms with E-state index in [1.165, 1.54) is 11.3 Å². The molecule has 1 atom stereocenters. The normalized spacial score (nSPS) is 15.2. The topological polar surface area (TPSA) is 49.5 Å². The Kier molecular flexibility index (Phi) is 3.36. The predicted octanol–water partition coefficient (Wildman–Crippen LogP) is 2.67. The van der Waals surface area contributed by atoms with Crippen LogP contribution in [0.4, 0.5) is 11.4 Å². The fraction of sp³-hybridized carbons (Fsp3) is 0.294. The molecule has 2 aromatic carbocycles. The summed E-state index contributed by atoms with van der Waals surface area (Å²) in [7, 11) is 0. The molecular weight excluding hydrogens is 248 g/mol. The Morgan fingerprint density at radius 2 is 2.05 bits per heavy atom. The molecule has 0 fully saturated rings. The van der Waals surface area contributed by atoms with Crippen LogP contribution in [-0.4, -0.2) is 18.2 Å². The van der Waals surface area contributed by atoms with Gasteiger partial charge in [-0.05, 0) is 42.2 Å². The third-order valence-electron chi connectivity index (χ3n) is 4.06. The van der Waals surface area contributed by atoms with Crippen LogP contribution < -0.4 is 10.6 Å². The van der Waals surface area contributed by atoms with Crippen LogP contribution in [0.25, 0.3) is 0 Å². The summed E-state index contributed by atoms with van der Waals surface area (Å²) in [5, 5.41) is 10.4. The second-order valence-corrected chi connectivity index (χ2v) is 5.46. The van der Waals surface area contributed by atoms with E-state index in [1.54, 1.807) is 0 Å². The van der Waals surface area contributed by atoms with Gasteiger partial charge < -0.3 is 15.7 Å². The molecule has 3 nitrogen and oxygen atoms in total. The van der Waals surface area contributed by atoms with E-state index in [-0.39, 0.29) is 0 Å². The minimum Gasteiger partial charge on any atom is -0.399 e. The van der Waals surface area contributed by atoms with Gasteiger partial charge in [0.05, 0.1) is 6.10 Å². The Bertz CT molecular complexity index is 624. The number of nitrogens with two attached hydrogens (primary N) is 1. The van der Waals surface area contributed by atoms with Gasteiger partial charge in [0.25, 0.3) is 0 Å². The second kappa shape index (κ2) is 5.17. The molecule has 3 heteroatoms. The van der Waals surface area contributed by atoms with Crippen molar-refractivity contribution >= 4 is 11.4 Å². The summed E-state index contributed by atoms with van der Waals surface area (Å²) in [5.74, 6) is 0. The number of benzene rings is 2. The summed E-state index contributed by atoms with van der Waals surface area (Å²) < 4.78 is 0. The van der Waals surface area contributed by atoms with Crippen LogP contribution in [-0.2, 0) is 6.42 Å². The third kappa shape index (κ3) is 2.37. The van der Waals surface area contributed by atoms with Crippen molar-refractivity contribution in [2.45, 2.75) is 19.4 Å². The molecule has 20 heavy (non-hydrogen) atoms. The first-order valence-corrected chi connectivity index (χ1v) is 7.02. The first-order valence-electron chi connectivity index (χ1n) is 7.02. The van der Waals surface area contributed by atoms with E-state index in [9.17, 15) is 5.11 Å². The summed E-state index contributed by atoms with van der Waals surface area (Å²) >= 11 is 0. The molecule has 0 aliphatic carbocycles. The van der Waals surface area contributed by atoms with Gasteiger partial charge in [-0.2, -0.15) is 0 Å². The van der Waals surface area contributed by atoms with Gasteiger partial charge in [0.1, 0.15) is 0 Å². The van der Waals surface area contributed by atoms with E-state index < -0.39 is 6.10 Å². The van der Waals surface area contributed by atoms with E-state index in [1.807, 2.05) is 31.2 Å². The summed E-state index contributed by atoms with van der Waals surface area (Å²) in [5.41, 5.74) is 11.2. The van der Waals surface area contributed by atoms with Gasteiger partial charge in [-0.3, -0.25) is 0 Å². The predicted molar refractivity (Wildman–Crippen MR) is 82.9 cm³/mol. The second-order valence-electron chi connectivity index (χ2n) is 5.46. The highest BCUT2D eigenvalue weighted by molar-refractivity contribution is 5.58. The molecule has 3 N–H and O–H groups in total. The number of aliphatic hydroxyl groups excluding tert-OH is 1. The van der Waals surface area contributed by atoms with Gasteiger partial charge in [-0.1, -0.05) is 30.3 Å². The lowest BCUT2D eigenvalue weighted by Gasteiger charge is -2.23. The van der Waals surface area contributed by atoms with Crippen molar-refractivity contribution in [2.75, 3.05) is 23.7 Å². The molecule has 104 valence electrons. The first kappa shape index (κ1) is 13.0. The van der Waals surface area contributed by atoms with Crippen molar-refractivity contribution < 1.29 is 5.11 Å². The SMILES string of the molecule is Cc1ccc(C(O)CN2CCc3ccccc32)cc1N. The molecule has 2 aromatic rings. The van der Waals surface area contributed by atoms with E-state index in [0.29, 0.717) is 6.54 Å². The van der Waals surface area contributed by atoms with Gasteiger partial charge >= 0.3 is 0 Å². The molecular formula is C17H20N2O. The van der Waals surface area contributed by atoms with Crippen LogP contribution >= 0.6 is 0 Å². The van der Waals surface area contributed by atoms with Gasteiger partial charge in [0.2, 0.25) is 0 Å². The molecule has 1 aliphatic rings. The number of hydrogen-bond donors (Lipinski definition) is 2. The minimum absolute atomic E-state index is 0.510. The average Bonchev–Trinajstić information content (AvgIpc) is 2.85. The molecule has 0 spiro atoms. The van der Waals surface area contributed by atoms with E-state index in [4.69, 9.17) is 5.73 Å². The maximum Gasteiger partial charge on any atom is 0.0965 e. The summed E-state index contributed by atoms with van der Waals surface area (Å²) in [4.78, 5) is 2.25. The van der Waals surface area contributed by atoms with Gasteiger partial charge in [0, 0.05) is 24.5 Å². The number of fused-ring (bicyclic) bond motifs is 1. The molecule has 3 rings (SSSR count). The maximum atomic E-state index is 10.4. The zero-order valence-electron chi connectivity index (χ0n) is 11.7. The number of nitrogens with zero attached hydrogens (tertiary/aromatic N) is 1. The lowest BCUT2D eigenvalue weighted by Crippen LogP contribution is -2.26. The Hall–Kier alpha value is -2.00. The Morgan fingerprint density at radius 3 is 2.85 bits per heavy atom. The quantitative estimate of drug-likeness (QED) is 0.841. The summed E-state index contributed by atoms with van der Waals surface area (Å²) in [6, 6.07) is 14.2. The van der Waals surface area contributed by atoms with E-state index in [0.717, 1.165) is 29.8 Å². The number of rotatable bonds is 3. The molecule has 0 saturated carbocycles. The molecule has 0 amide bonds. The molecule has 0 saturated heterocycles. The third-order valence-corrected chi connectivity index (χ3v) is 4.06. The highest BCUT2D eigenvalue weighted by Gasteiger charge is 2.21. The van der Waals surface area contributed by atoms with Crippen molar-refractivity contribution in [2.24, 2.45) is 0 Å². The lowest BCUT2D eigenvalue weighted by atomic mass is 10.1. The molecule has 0 radical (unpaired) electrons. The Morgan fingerprint density at radius 1 is 1.25 bits per heavy atom. The minimum atomic E-state index is -0.510. The molecule has 0 aromatic heterocycles. The molecule has 1 heterocycles. The highest BCUT2D eigenvalue weighted by atomic mass is 16.3. The number of anilines is 2. The Balaban J connectivity index is 1.77. The fourth-order valence-corrected chi connectivity index (χ4v) is 2.78. The molecule has 1 aliphatic heterocycles. The first-order chi connectivity index (χ1) is 9.65. The fourth-order valence-electron chi connectivity index (χ4n) is 2.78. The average molecular weight is 268 g/mol. The van der Waals surface area contributed by atoms with Crippen LogP contribution in [0.3, 0.4) is 0 Å². The lowest BCUT2D eigenvalue weighted by molar-refractivity contribution is 0.184. The van der Waals surface area contributed by atoms with E-state index in [2.05, 4.69) is 23.1 Å². The molecule has 1 unspecified atom stereocenters. The molecule has 0 bridgehead atoms. The van der Waals surface area contributed by atoms with Crippen molar-refractivity contribution in [3.63, 3.8) is 0 Å². The zero-order chi connectivity index (χ0) is 14.1. The van der Waals surface area contributed by atoms with Gasteiger partial charge in [-0.15, -0.1) is 0 Å². The van der Waals surface area contributed by atoms with Crippen molar-refractivity contribution in [3.8, 4) is 0 Å². The van der Waals surface area contributed by atoms with Crippen LogP contribution in [0, 0.1) is 6.92 Å². The maximum absolute atomic E-state index is 10.4. The number of nitrogen functional groups attached to an aromatic ring is 1. The number of β-amino-alcohol motifs (C(OH)–C–C–N with tert-alkyl or cyclic N) is 1. The zero-order valence-corrected chi connectivity index (χ0v) is 11.7. The van der Waals surface area contributed by atoms with Gasteiger partial charge in [-0.25, -0.2) is 0 Å². The standard InChI is InChI=1S/C17H20N2O/c1-12-6-7-14(10-15(12)18)17(20)11-19-9-8-13-4-2-3-5-16(13)19/h2-7,10,17,20H,8-9,11,18H2,1H3. The van der Waals surface area contributed by atoms with Crippen LogP contribution in [0.15, 0.2) is 42.5 Å². The Labute approximate surface area is 119 Å². The number of hydrogen-bond acceptors (Lipinski definition) is 3. The van der Waals surface area contributed by atoms with Crippen LogP contribution in [0.1, 0.15) is 22.8 Å². The van der Waals surface area contributed by atoms with Gasteiger partial charge in [0.15, 0.2) is 0 Å².